The summed E-state index contributed by atoms with van der Waals surface area (Å²) in [6.07, 6.45) is 6.00. The van der Waals surface area contributed by atoms with E-state index >= 15 is 0 Å². The topological polar surface area (TPSA) is 128 Å². The lowest BCUT2D eigenvalue weighted by atomic mass is 10.0. The molecule has 0 spiro atoms. The Morgan fingerprint density at radius 1 is 0.833 bits per heavy atom. The van der Waals surface area contributed by atoms with E-state index in [1.165, 1.54) is 36.8 Å². The minimum Gasteiger partial charge on any atom is -0.344 e. The molecular formula is C12H27N2O3P. The van der Waals surface area contributed by atoms with Crippen molar-refractivity contribution in [2.75, 3.05) is 0 Å². The average molecular weight is 278 g/mol. The van der Waals surface area contributed by atoms with Crippen LogP contribution in [0, 0.1) is 13.8 Å². The van der Waals surface area contributed by atoms with Crippen LogP contribution in [0.25, 0.3) is 0 Å². The summed E-state index contributed by atoms with van der Waals surface area (Å²) < 4.78 is 8.74. The van der Waals surface area contributed by atoms with Gasteiger partial charge in [-0.25, -0.2) is 0 Å². The SMILES string of the molecule is C1CCC1.Cc1ccc(C)cc1.N.N.O=[PH](O)O. The van der Waals surface area contributed by atoms with Crippen LogP contribution in [0.3, 0.4) is 0 Å². The van der Waals surface area contributed by atoms with Crippen LogP contribution in [-0.4, -0.2) is 9.79 Å². The Balaban J connectivity index is -0.000000195. The Labute approximate surface area is 110 Å². The second kappa shape index (κ2) is 14.4. The number of rotatable bonds is 0. The Morgan fingerprint density at radius 3 is 1.11 bits per heavy atom. The molecule has 18 heavy (non-hydrogen) atoms. The number of hydrogen-bond acceptors (Lipinski definition) is 3. The first-order valence-corrected chi connectivity index (χ1v) is 6.78. The monoisotopic (exact) mass is 278 g/mol. The predicted octanol–water partition coefficient (Wildman–Crippen LogP) is 3.55. The third-order valence-corrected chi connectivity index (χ3v) is 2.22. The number of aryl methyl sites for hydroxylation is 2. The van der Waals surface area contributed by atoms with E-state index in [2.05, 4.69) is 38.1 Å². The van der Waals surface area contributed by atoms with Crippen LogP contribution in [0.1, 0.15) is 36.8 Å². The van der Waals surface area contributed by atoms with Gasteiger partial charge in [0, 0.05) is 0 Å². The van der Waals surface area contributed by atoms with E-state index in [9.17, 15) is 0 Å². The van der Waals surface area contributed by atoms with Gasteiger partial charge in [-0.3, -0.25) is 4.57 Å². The molecular weight excluding hydrogens is 251 g/mol. The van der Waals surface area contributed by atoms with Crippen molar-refractivity contribution in [1.82, 2.24) is 12.3 Å². The van der Waals surface area contributed by atoms with Crippen molar-refractivity contribution in [1.29, 1.82) is 0 Å². The Morgan fingerprint density at radius 2 is 1.00 bits per heavy atom. The minimum absolute atomic E-state index is 0. The lowest BCUT2D eigenvalue weighted by Gasteiger charge is -2.05. The van der Waals surface area contributed by atoms with Crippen LogP contribution in [0.4, 0.5) is 0 Å². The lowest BCUT2D eigenvalue weighted by Crippen LogP contribution is -1.85. The van der Waals surface area contributed by atoms with Gasteiger partial charge in [-0.2, -0.15) is 0 Å². The molecule has 0 saturated heterocycles. The van der Waals surface area contributed by atoms with Gasteiger partial charge in [0.25, 0.3) is 0 Å². The quantitative estimate of drug-likeness (QED) is 0.539. The molecule has 2 rings (SSSR count). The predicted molar refractivity (Wildman–Crippen MR) is 77.9 cm³/mol. The molecule has 1 aromatic carbocycles. The third kappa shape index (κ3) is 17.7. The molecule has 1 saturated carbocycles. The normalized spacial score (nSPS) is 11.4. The van der Waals surface area contributed by atoms with Gasteiger partial charge in [0.2, 0.25) is 0 Å². The van der Waals surface area contributed by atoms with Gasteiger partial charge < -0.3 is 22.1 Å². The fourth-order valence-electron chi connectivity index (χ4n) is 0.887. The molecule has 0 aliphatic heterocycles. The van der Waals surface area contributed by atoms with Gasteiger partial charge in [0.1, 0.15) is 0 Å². The van der Waals surface area contributed by atoms with Crippen molar-refractivity contribution in [3.05, 3.63) is 35.4 Å². The van der Waals surface area contributed by atoms with Crippen LogP contribution in [0.5, 0.6) is 0 Å². The molecule has 0 unspecified atom stereocenters. The molecule has 108 valence electrons. The van der Waals surface area contributed by atoms with Gasteiger partial charge in [0.15, 0.2) is 0 Å². The molecule has 0 aromatic heterocycles. The van der Waals surface area contributed by atoms with E-state index in [1.807, 2.05) is 0 Å². The third-order valence-electron chi connectivity index (χ3n) is 2.22. The van der Waals surface area contributed by atoms with Crippen molar-refractivity contribution in [3.63, 3.8) is 0 Å². The zero-order valence-electron chi connectivity index (χ0n) is 11.4. The highest BCUT2D eigenvalue weighted by Gasteiger charge is 1.95. The molecule has 6 heteroatoms. The van der Waals surface area contributed by atoms with Crippen molar-refractivity contribution in [2.45, 2.75) is 39.5 Å². The molecule has 0 atom stereocenters. The maximum absolute atomic E-state index is 8.74. The maximum atomic E-state index is 8.74. The van der Waals surface area contributed by atoms with Crippen molar-refractivity contribution in [2.24, 2.45) is 0 Å². The Bertz CT molecular complexity index is 272. The van der Waals surface area contributed by atoms with E-state index in [-0.39, 0.29) is 12.3 Å². The molecule has 0 radical (unpaired) electrons. The zero-order chi connectivity index (χ0) is 12.4. The van der Waals surface area contributed by atoms with Crippen LogP contribution < -0.4 is 12.3 Å². The fraction of sp³-hybridized carbons (Fsp3) is 0.500. The van der Waals surface area contributed by atoms with Crippen LogP contribution in [-0.2, 0) is 4.57 Å². The summed E-state index contributed by atoms with van der Waals surface area (Å²) in [6.45, 7) is 4.19. The summed E-state index contributed by atoms with van der Waals surface area (Å²) in [5.74, 6) is 0. The summed E-state index contributed by atoms with van der Waals surface area (Å²) in [4.78, 5) is 14.3. The molecule has 1 aliphatic carbocycles. The highest BCUT2D eigenvalue weighted by atomic mass is 31.1. The number of hydrogen-bond donors (Lipinski definition) is 4. The first-order valence-electron chi connectivity index (χ1n) is 5.47. The molecule has 0 heterocycles. The molecule has 0 bridgehead atoms. The molecule has 1 aromatic rings. The van der Waals surface area contributed by atoms with E-state index in [1.54, 1.807) is 0 Å². The van der Waals surface area contributed by atoms with Crippen molar-refractivity contribution >= 4 is 8.25 Å². The summed E-state index contributed by atoms with van der Waals surface area (Å²) in [7, 11) is -3.13. The van der Waals surface area contributed by atoms with Crippen LogP contribution in [0.15, 0.2) is 24.3 Å². The average Bonchev–Trinajstić information content (AvgIpc) is 2.06. The standard InChI is InChI=1S/C8H10.C4H8.2H3N.H3O3P/c1-7-3-5-8(2)6-4-7;1-2-4-3-1;;;1-4(2)3/h3-6H,1-2H3;1-4H2;2*1H3;4H,(H2,1,2,3). The highest BCUT2D eigenvalue weighted by Crippen LogP contribution is 2.15. The van der Waals surface area contributed by atoms with Gasteiger partial charge in [0.05, 0.1) is 0 Å². The molecule has 1 aliphatic rings. The molecule has 8 N–H and O–H groups in total. The largest absolute Gasteiger partial charge is 0.344 e. The lowest BCUT2D eigenvalue weighted by molar-refractivity contribution is 0.405. The van der Waals surface area contributed by atoms with Gasteiger partial charge in [-0.15, -0.1) is 0 Å². The van der Waals surface area contributed by atoms with Gasteiger partial charge >= 0.3 is 8.25 Å². The second-order valence-electron chi connectivity index (χ2n) is 3.85. The van der Waals surface area contributed by atoms with Crippen LogP contribution in [0.2, 0.25) is 0 Å². The molecule has 0 amide bonds. The fourth-order valence-corrected chi connectivity index (χ4v) is 0.887. The zero-order valence-corrected chi connectivity index (χ0v) is 12.4. The molecule has 1 fully saturated rings. The first-order chi connectivity index (χ1) is 7.52. The summed E-state index contributed by atoms with van der Waals surface area (Å²) in [5, 5.41) is 0. The minimum atomic E-state index is -3.13. The maximum Gasteiger partial charge on any atom is 0.314 e. The van der Waals surface area contributed by atoms with Crippen LogP contribution >= 0.6 is 8.25 Å². The molecule has 5 nitrogen and oxygen atoms in total. The first kappa shape index (κ1) is 22.5. The second-order valence-corrected chi connectivity index (χ2v) is 4.42. The van der Waals surface area contributed by atoms with E-state index in [0.717, 1.165) is 0 Å². The smallest absolute Gasteiger partial charge is 0.314 e. The summed E-state index contributed by atoms with van der Waals surface area (Å²) >= 11 is 0. The van der Waals surface area contributed by atoms with E-state index in [0.29, 0.717) is 0 Å². The summed E-state index contributed by atoms with van der Waals surface area (Å²) in [6, 6.07) is 8.48. The summed E-state index contributed by atoms with van der Waals surface area (Å²) in [5.41, 5.74) is 2.66. The highest BCUT2D eigenvalue weighted by molar-refractivity contribution is 7.30. The van der Waals surface area contributed by atoms with Gasteiger partial charge in [-0.1, -0.05) is 61.1 Å². The number of benzene rings is 1. The van der Waals surface area contributed by atoms with Crippen molar-refractivity contribution < 1.29 is 14.4 Å². The Kier molecular flexibility index (Phi) is 17.9. The van der Waals surface area contributed by atoms with E-state index in [4.69, 9.17) is 14.4 Å². The van der Waals surface area contributed by atoms with Crippen molar-refractivity contribution in [3.8, 4) is 0 Å². The van der Waals surface area contributed by atoms with E-state index < -0.39 is 8.25 Å². The Hall–Kier alpha value is -0.710. The van der Waals surface area contributed by atoms with Gasteiger partial charge in [-0.05, 0) is 13.8 Å².